The fourth-order valence-electron chi connectivity index (χ4n) is 2.99. The first-order valence-corrected chi connectivity index (χ1v) is 8.78. The Balaban J connectivity index is 1.52. The van der Waals surface area contributed by atoms with Gasteiger partial charge >= 0.3 is 0 Å². The maximum Gasteiger partial charge on any atom is 0.0710 e. The normalized spacial score (nSPS) is 17.0. The standard InChI is InChI=1S/C18H18N4S/c1-2-6-17-15(5-1)16(7-9-23-17)20-11-14-12-21-22-18(14)13-4-3-8-19-10-13/h1-6,8,10,12,16,20H,7,9,11H2,(H,21,22)/t16-/m1/s1. The summed E-state index contributed by atoms with van der Waals surface area (Å²) < 4.78 is 0. The van der Waals surface area contributed by atoms with E-state index in [2.05, 4.69) is 50.8 Å². The lowest BCUT2D eigenvalue weighted by Gasteiger charge is -2.26. The predicted octanol–water partition coefficient (Wildman–Crippen LogP) is 3.80. The summed E-state index contributed by atoms with van der Waals surface area (Å²) in [5.74, 6) is 1.16. The summed E-state index contributed by atoms with van der Waals surface area (Å²) >= 11 is 1.95. The molecule has 2 aromatic heterocycles. The van der Waals surface area contributed by atoms with Crippen molar-refractivity contribution in [3.05, 3.63) is 66.1 Å². The smallest absolute Gasteiger partial charge is 0.0710 e. The van der Waals surface area contributed by atoms with E-state index in [0.717, 1.165) is 30.0 Å². The van der Waals surface area contributed by atoms with Crippen molar-refractivity contribution in [2.24, 2.45) is 0 Å². The van der Waals surface area contributed by atoms with Gasteiger partial charge in [0.1, 0.15) is 0 Å². The SMILES string of the molecule is c1cncc(-c2[nH]ncc2CN[C@@H]2CCSc3ccccc32)c1. The van der Waals surface area contributed by atoms with Crippen LogP contribution in [0.5, 0.6) is 0 Å². The molecule has 1 aliphatic rings. The number of pyridine rings is 1. The first-order valence-electron chi connectivity index (χ1n) is 7.79. The number of H-pyrrole nitrogens is 1. The van der Waals surface area contributed by atoms with Gasteiger partial charge in [0.25, 0.3) is 0 Å². The summed E-state index contributed by atoms with van der Waals surface area (Å²) in [7, 11) is 0. The predicted molar refractivity (Wildman–Crippen MR) is 93.2 cm³/mol. The Morgan fingerprint density at radius 1 is 1.17 bits per heavy atom. The van der Waals surface area contributed by atoms with Crippen LogP contribution in [0.3, 0.4) is 0 Å². The highest BCUT2D eigenvalue weighted by Gasteiger charge is 2.20. The molecule has 0 radical (unpaired) electrons. The number of nitrogens with zero attached hydrogens (tertiary/aromatic N) is 2. The molecule has 3 heterocycles. The maximum absolute atomic E-state index is 4.21. The van der Waals surface area contributed by atoms with Crippen LogP contribution in [0.4, 0.5) is 0 Å². The van der Waals surface area contributed by atoms with Crippen molar-refractivity contribution in [3.8, 4) is 11.3 Å². The number of benzene rings is 1. The number of nitrogens with one attached hydrogen (secondary N) is 2. The van der Waals surface area contributed by atoms with Crippen molar-refractivity contribution >= 4 is 11.8 Å². The number of thioether (sulfide) groups is 1. The molecule has 2 N–H and O–H groups in total. The highest BCUT2D eigenvalue weighted by Crippen LogP contribution is 2.36. The van der Waals surface area contributed by atoms with E-state index in [1.165, 1.54) is 16.0 Å². The Morgan fingerprint density at radius 3 is 3.04 bits per heavy atom. The van der Waals surface area contributed by atoms with Gasteiger partial charge in [0.05, 0.1) is 11.9 Å². The second-order valence-electron chi connectivity index (χ2n) is 5.62. The van der Waals surface area contributed by atoms with Gasteiger partial charge in [-0.2, -0.15) is 5.10 Å². The van der Waals surface area contributed by atoms with Crippen LogP contribution in [0, 0.1) is 0 Å². The van der Waals surface area contributed by atoms with Crippen LogP contribution in [-0.4, -0.2) is 20.9 Å². The first-order chi connectivity index (χ1) is 11.4. The lowest BCUT2D eigenvalue weighted by molar-refractivity contribution is 0.510. The topological polar surface area (TPSA) is 53.6 Å². The molecule has 0 saturated heterocycles. The summed E-state index contributed by atoms with van der Waals surface area (Å²) in [6.45, 7) is 0.796. The Kier molecular flexibility index (Phi) is 4.13. The van der Waals surface area contributed by atoms with Gasteiger partial charge < -0.3 is 5.32 Å². The molecular formula is C18H18N4S. The molecule has 0 amide bonds. The van der Waals surface area contributed by atoms with E-state index < -0.39 is 0 Å². The van der Waals surface area contributed by atoms with Crippen molar-refractivity contribution in [3.63, 3.8) is 0 Å². The fourth-order valence-corrected chi connectivity index (χ4v) is 4.12. The number of aromatic nitrogens is 3. The van der Waals surface area contributed by atoms with Crippen molar-refractivity contribution in [2.45, 2.75) is 23.9 Å². The van der Waals surface area contributed by atoms with E-state index in [-0.39, 0.29) is 0 Å². The number of rotatable bonds is 4. The molecule has 0 aliphatic carbocycles. The quantitative estimate of drug-likeness (QED) is 0.767. The van der Waals surface area contributed by atoms with Crippen LogP contribution in [0.2, 0.25) is 0 Å². The highest BCUT2D eigenvalue weighted by molar-refractivity contribution is 7.99. The van der Waals surface area contributed by atoms with Gasteiger partial charge in [-0.05, 0) is 35.9 Å². The zero-order valence-electron chi connectivity index (χ0n) is 12.7. The third-order valence-electron chi connectivity index (χ3n) is 4.17. The van der Waals surface area contributed by atoms with Crippen LogP contribution in [0.15, 0.2) is 59.9 Å². The molecule has 0 fully saturated rings. The highest BCUT2D eigenvalue weighted by atomic mass is 32.2. The Labute approximate surface area is 139 Å². The summed E-state index contributed by atoms with van der Waals surface area (Å²) in [4.78, 5) is 5.59. The van der Waals surface area contributed by atoms with Crippen LogP contribution >= 0.6 is 11.8 Å². The van der Waals surface area contributed by atoms with Crippen LogP contribution < -0.4 is 5.32 Å². The Morgan fingerprint density at radius 2 is 2.13 bits per heavy atom. The average Bonchev–Trinajstić information content (AvgIpc) is 3.09. The monoisotopic (exact) mass is 322 g/mol. The maximum atomic E-state index is 4.21. The Bertz CT molecular complexity index is 784. The van der Waals surface area contributed by atoms with E-state index >= 15 is 0 Å². The molecule has 3 aromatic rings. The van der Waals surface area contributed by atoms with Gasteiger partial charge in [-0.15, -0.1) is 11.8 Å². The summed E-state index contributed by atoms with van der Waals surface area (Å²) in [6.07, 6.45) is 6.71. The van der Waals surface area contributed by atoms with Crippen LogP contribution in [-0.2, 0) is 6.54 Å². The van der Waals surface area contributed by atoms with Gasteiger partial charge in [0.2, 0.25) is 0 Å². The average molecular weight is 322 g/mol. The van der Waals surface area contributed by atoms with E-state index in [9.17, 15) is 0 Å². The van der Waals surface area contributed by atoms with Crippen molar-refractivity contribution in [1.82, 2.24) is 20.5 Å². The minimum atomic E-state index is 0.407. The Hall–Kier alpha value is -2.11. The molecule has 0 spiro atoms. The minimum Gasteiger partial charge on any atom is -0.306 e. The molecule has 1 atom stereocenters. The van der Waals surface area contributed by atoms with Crippen LogP contribution in [0.1, 0.15) is 23.6 Å². The van der Waals surface area contributed by atoms with E-state index in [0.29, 0.717) is 6.04 Å². The number of fused-ring (bicyclic) bond motifs is 1. The molecule has 1 aliphatic heterocycles. The third-order valence-corrected chi connectivity index (χ3v) is 5.29. The number of aromatic amines is 1. The summed E-state index contributed by atoms with van der Waals surface area (Å²) in [5.41, 5.74) is 4.70. The second kappa shape index (κ2) is 6.56. The molecule has 116 valence electrons. The summed E-state index contributed by atoms with van der Waals surface area (Å²) in [6, 6.07) is 13.1. The van der Waals surface area contributed by atoms with Gasteiger partial charge in [-0.1, -0.05) is 18.2 Å². The molecule has 23 heavy (non-hydrogen) atoms. The van der Waals surface area contributed by atoms with E-state index in [1.807, 2.05) is 30.2 Å². The van der Waals surface area contributed by atoms with E-state index in [1.54, 1.807) is 6.20 Å². The molecule has 4 nitrogen and oxygen atoms in total. The lowest BCUT2D eigenvalue weighted by Crippen LogP contribution is -2.24. The molecule has 1 aromatic carbocycles. The van der Waals surface area contributed by atoms with Crippen molar-refractivity contribution in [1.29, 1.82) is 0 Å². The van der Waals surface area contributed by atoms with Gasteiger partial charge in [0.15, 0.2) is 0 Å². The van der Waals surface area contributed by atoms with Gasteiger partial charge in [0, 0.05) is 41.0 Å². The lowest BCUT2D eigenvalue weighted by atomic mass is 10.0. The van der Waals surface area contributed by atoms with E-state index in [4.69, 9.17) is 0 Å². The zero-order valence-corrected chi connectivity index (χ0v) is 13.5. The zero-order chi connectivity index (χ0) is 15.5. The molecule has 5 heteroatoms. The molecule has 0 unspecified atom stereocenters. The number of hydrogen-bond donors (Lipinski definition) is 2. The fraction of sp³-hybridized carbons (Fsp3) is 0.222. The first kappa shape index (κ1) is 14.5. The van der Waals surface area contributed by atoms with Crippen LogP contribution in [0.25, 0.3) is 11.3 Å². The molecule has 0 bridgehead atoms. The second-order valence-corrected chi connectivity index (χ2v) is 6.76. The summed E-state index contributed by atoms with van der Waals surface area (Å²) in [5, 5.41) is 11.0. The molecular weight excluding hydrogens is 304 g/mol. The minimum absolute atomic E-state index is 0.407. The number of hydrogen-bond acceptors (Lipinski definition) is 4. The van der Waals surface area contributed by atoms with Gasteiger partial charge in [-0.25, -0.2) is 0 Å². The largest absolute Gasteiger partial charge is 0.306 e. The molecule has 0 saturated carbocycles. The van der Waals surface area contributed by atoms with Crippen molar-refractivity contribution < 1.29 is 0 Å². The van der Waals surface area contributed by atoms with Gasteiger partial charge in [-0.3, -0.25) is 10.1 Å². The third kappa shape index (κ3) is 3.02. The molecule has 4 rings (SSSR count). The van der Waals surface area contributed by atoms with Crippen molar-refractivity contribution in [2.75, 3.05) is 5.75 Å².